The summed E-state index contributed by atoms with van der Waals surface area (Å²) in [6.07, 6.45) is 5.56. The van der Waals surface area contributed by atoms with Crippen LogP contribution in [0.3, 0.4) is 0 Å². The lowest BCUT2D eigenvalue weighted by atomic mass is 10.00. The Morgan fingerprint density at radius 1 is 0.958 bits per heavy atom. The van der Waals surface area contributed by atoms with Gasteiger partial charge in [0.15, 0.2) is 0 Å². The highest BCUT2D eigenvalue weighted by molar-refractivity contribution is 5.93. The van der Waals surface area contributed by atoms with E-state index < -0.39 is 0 Å². The van der Waals surface area contributed by atoms with Crippen molar-refractivity contribution in [2.45, 2.75) is 26.7 Å². The Morgan fingerprint density at radius 2 is 1.50 bits per heavy atom. The largest absolute Gasteiger partial charge is 0.341 e. The minimum atomic E-state index is -0.0583. The van der Waals surface area contributed by atoms with Gasteiger partial charge in [-0.25, -0.2) is 9.97 Å². The van der Waals surface area contributed by atoms with Crippen molar-refractivity contribution in [2.75, 3.05) is 44.2 Å². The van der Waals surface area contributed by atoms with Gasteiger partial charge < -0.3 is 14.7 Å². The second-order valence-corrected chi connectivity index (χ2v) is 6.74. The summed E-state index contributed by atoms with van der Waals surface area (Å²) in [7, 11) is 0. The Kier molecular flexibility index (Phi) is 4.97. The van der Waals surface area contributed by atoms with Gasteiger partial charge in [-0.2, -0.15) is 0 Å². The van der Waals surface area contributed by atoms with Crippen molar-refractivity contribution in [3.05, 3.63) is 18.0 Å². The monoisotopic (exact) mass is 331 g/mol. The molecule has 0 spiro atoms. The van der Waals surface area contributed by atoms with E-state index in [1.807, 2.05) is 0 Å². The quantitative estimate of drug-likeness (QED) is 0.809. The van der Waals surface area contributed by atoms with Gasteiger partial charge in [-0.05, 0) is 18.8 Å². The fourth-order valence-electron chi connectivity index (χ4n) is 3.21. The molecule has 1 aromatic heterocycles. The molecule has 0 radical (unpaired) electrons. The highest BCUT2D eigenvalue weighted by Gasteiger charge is 2.24. The van der Waals surface area contributed by atoms with Crippen molar-refractivity contribution in [1.29, 1.82) is 0 Å². The molecule has 7 nitrogen and oxygen atoms in total. The zero-order chi connectivity index (χ0) is 17.1. The third-order valence-electron chi connectivity index (χ3n) is 4.96. The van der Waals surface area contributed by atoms with Crippen LogP contribution >= 0.6 is 0 Å². The molecule has 7 heteroatoms. The fraction of sp³-hybridized carbons (Fsp3) is 0.647. The van der Waals surface area contributed by atoms with E-state index in [1.165, 1.54) is 0 Å². The molecule has 0 aromatic carbocycles. The lowest BCUT2D eigenvalue weighted by molar-refractivity contribution is -0.130. The number of anilines is 1. The van der Waals surface area contributed by atoms with Crippen LogP contribution in [-0.4, -0.2) is 70.9 Å². The van der Waals surface area contributed by atoms with Gasteiger partial charge >= 0.3 is 0 Å². The molecule has 3 rings (SSSR count). The third-order valence-corrected chi connectivity index (χ3v) is 4.96. The number of piperidine rings is 1. The van der Waals surface area contributed by atoms with Crippen LogP contribution in [-0.2, 0) is 4.79 Å². The Hall–Kier alpha value is -2.18. The zero-order valence-electron chi connectivity index (χ0n) is 14.4. The van der Waals surface area contributed by atoms with Crippen molar-refractivity contribution in [2.24, 2.45) is 5.92 Å². The maximum Gasteiger partial charge on any atom is 0.257 e. The summed E-state index contributed by atoms with van der Waals surface area (Å²) in [5.41, 5.74) is 0.514. The van der Waals surface area contributed by atoms with Gasteiger partial charge in [0.1, 0.15) is 0 Å². The van der Waals surface area contributed by atoms with Crippen LogP contribution in [0.2, 0.25) is 0 Å². The van der Waals surface area contributed by atoms with Gasteiger partial charge in [0.25, 0.3) is 5.91 Å². The summed E-state index contributed by atoms with van der Waals surface area (Å²) in [5.74, 6) is 1.47. The SMILES string of the molecule is CC(=O)N1CCN(C(=O)c2cnc(N3CCC(C)CC3)nc2)CC1. The zero-order valence-corrected chi connectivity index (χ0v) is 14.4. The predicted octanol–water partition coefficient (Wildman–Crippen LogP) is 1.02. The van der Waals surface area contributed by atoms with Gasteiger partial charge in [0.05, 0.1) is 5.56 Å². The fourth-order valence-corrected chi connectivity index (χ4v) is 3.21. The van der Waals surface area contributed by atoms with Gasteiger partial charge in [-0.15, -0.1) is 0 Å². The summed E-state index contributed by atoms with van der Waals surface area (Å²) < 4.78 is 0. The van der Waals surface area contributed by atoms with E-state index in [0.717, 1.165) is 31.8 Å². The molecule has 0 atom stereocenters. The number of rotatable bonds is 2. The first-order valence-corrected chi connectivity index (χ1v) is 8.66. The molecular formula is C17H25N5O2. The Balaban J connectivity index is 1.59. The van der Waals surface area contributed by atoms with E-state index in [-0.39, 0.29) is 11.8 Å². The average Bonchev–Trinajstić information content (AvgIpc) is 2.62. The first-order valence-electron chi connectivity index (χ1n) is 8.66. The van der Waals surface area contributed by atoms with Crippen LogP contribution in [0.25, 0.3) is 0 Å². The lowest BCUT2D eigenvalue weighted by Crippen LogP contribution is -2.50. The van der Waals surface area contributed by atoms with E-state index in [4.69, 9.17) is 0 Å². The molecule has 2 saturated heterocycles. The minimum Gasteiger partial charge on any atom is -0.341 e. The lowest BCUT2D eigenvalue weighted by Gasteiger charge is -2.34. The smallest absolute Gasteiger partial charge is 0.257 e. The molecule has 0 saturated carbocycles. The van der Waals surface area contributed by atoms with Crippen LogP contribution in [0.4, 0.5) is 5.95 Å². The normalized spacial score (nSPS) is 19.5. The van der Waals surface area contributed by atoms with Gasteiger partial charge in [-0.1, -0.05) is 6.92 Å². The predicted molar refractivity (Wildman–Crippen MR) is 90.8 cm³/mol. The maximum atomic E-state index is 12.5. The molecule has 2 aliphatic rings. The number of piperazine rings is 1. The van der Waals surface area contributed by atoms with Gasteiger partial charge in [-0.3, -0.25) is 9.59 Å². The molecule has 2 fully saturated rings. The van der Waals surface area contributed by atoms with Crippen LogP contribution in [0.15, 0.2) is 12.4 Å². The summed E-state index contributed by atoms with van der Waals surface area (Å²) in [4.78, 5) is 38.4. The molecule has 3 heterocycles. The number of carbonyl (C=O) groups excluding carboxylic acids is 2. The molecular weight excluding hydrogens is 306 g/mol. The van der Waals surface area contributed by atoms with Crippen LogP contribution in [0.5, 0.6) is 0 Å². The molecule has 24 heavy (non-hydrogen) atoms. The summed E-state index contributed by atoms with van der Waals surface area (Å²) in [6, 6.07) is 0. The molecule has 2 aliphatic heterocycles. The number of hydrogen-bond donors (Lipinski definition) is 0. The number of hydrogen-bond acceptors (Lipinski definition) is 5. The second-order valence-electron chi connectivity index (χ2n) is 6.74. The van der Waals surface area contributed by atoms with Crippen molar-refractivity contribution < 1.29 is 9.59 Å². The Morgan fingerprint density at radius 3 is 2.04 bits per heavy atom. The molecule has 130 valence electrons. The van der Waals surface area contributed by atoms with E-state index in [9.17, 15) is 9.59 Å². The van der Waals surface area contributed by atoms with Crippen LogP contribution < -0.4 is 4.90 Å². The summed E-state index contributed by atoms with van der Waals surface area (Å²) >= 11 is 0. The topological polar surface area (TPSA) is 69.6 Å². The Labute approximate surface area is 142 Å². The molecule has 0 aliphatic carbocycles. The van der Waals surface area contributed by atoms with E-state index in [2.05, 4.69) is 21.8 Å². The first-order chi connectivity index (χ1) is 11.5. The molecule has 2 amide bonds. The van der Waals surface area contributed by atoms with Gasteiger partial charge in [0.2, 0.25) is 11.9 Å². The average molecular weight is 331 g/mol. The van der Waals surface area contributed by atoms with E-state index >= 15 is 0 Å². The van der Waals surface area contributed by atoms with Crippen LogP contribution in [0.1, 0.15) is 37.0 Å². The van der Waals surface area contributed by atoms with Crippen molar-refractivity contribution in [3.63, 3.8) is 0 Å². The van der Waals surface area contributed by atoms with Crippen molar-refractivity contribution in [1.82, 2.24) is 19.8 Å². The molecule has 0 unspecified atom stereocenters. The molecule has 1 aromatic rings. The minimum absolute atomic E-state index is 0.0583. The van der Waals surface area contributed by atoms with Gasteiger partial charge in [0, 0.05) is 58.6 Å². The standard InChI is InChI=1S/C17H25N5O2/c1-13-3-5-22(6-4-13)17-18-11-15(12-19-17)16(24)21-9-7-20(8-10-21)14(2)23/h11-13H,3-10H2,1-2H3. The molecule has 0 bridgehead atoms. The second kappa shape index (κ2) is 7.15. The van der Waals surface area contributed by atoms with Crippen molar-refractivity contribution >= 4 is 17.8 Å². The number of aromatic nitrogens is 2. The van der Waals surface area contributed by atoms with E-state index in [0.29, 0.717) is 37.7 Å². The number of carbonyl (C=O) groups is 2. The maximum absolute atomic E-state index is 12.5. The van der Waals surface area contributed by atoms with Crippen molar-refractivity contribution in [3.8, 4) is 0 Å². The number of nitrogens with zero attached hydrogens (tertiary/aromatic N) is 5. The van der Waals surface area contributed by atoms with Crippen LogP contribution in [0, 0.1) is 5.92 Å². The van der Waals surface area contributed by atoms with E-state index in [1.54, 1.807) is 29.1 Å². The summed E-state index contributed by atoms with van der Waals surface area (Å²) in [5, 5.41) is 0. The summed E-state index contributed by atoms with van der Waals surface area (Å²) in [6.45, 7) is 8.08. The number of amides is 2. The third kappa shape index (κ3) is 3.66. The highest BCUT2D eigenvalue weighted by Crippen LogP contribution is 2.20. The molecule has 0 N–H and O–H groups in total. The highest BCUT2D eigenvalue weighted by atomic mass is 16.2. The first kappa shape index (κ1) is 16.7. The Bertz CT molecular complexity index is 588.